The monoisotopic (exact) mass is 341 g/mol. The maximum absolute atomic E-state index is 12.5. The van der Waals surface area contributed by atoms with Crippen molar-refractivity contribution in [2.75, 3.05) is 19.6 Å². The van der Waals surface area contributed by atoms with Gasteiger partial charge in [0, 0.05) is 5.92 Å². The lowest BCUT2D eigenvalue weighted by molar-refractivity contribution is 0.0839. The van der Waals surface area contributed by atoms with Gasteiger partial charge in [-0.25, -0.2) is 0 Å². The van der Waals surface area contributed by atoms with E-state index in [0.29, 0.717) is 5.02 Å². The average molecular weight is 342 g/mol. The van der Waals surface area contributed by atoms with Crippen LogP contribution in [-0.4, -0.2) is 30.3 Å². The van der Waals surface area contributed by atoms with E-state index >= 15 is 0 Å². The third-order valence-corrected chi connectivity index (χ3v) is 6.28. The number of thiophene rings is 1. The molecule has 0 amide bonds. The molecule has 124 valence electrons. The minimum absolute atomic E-state index is 0.171. The van der Waals surface area contributed by atoms with Crippen LogP contribution in [0.2, 0.25) is 5.02 Å². The Hall–Kier alpha value is -0.380. The van der Waals surface area contributed by atoms with Crippen molar-refractivity contribution in [2.24, 2.45) is 11.8 Å². The summed E-state index contributed by atoms with van der Waals surface area (Å²) in [5.74, 6) is 1.30. The first-order chi connectivity index (χ1) is 10.7. The number of halogens is 1. The Morgan fingerprint density at radius 3 is 2.64 bits per heavy atom. The van der Waals surface area contributed by atoms with Crippen LogP contribution >= 0.6 is 22.9 Å². The topological polar surface area (TPSA) is 20.3 Å². The molecule has 0 N–H and O–H groups in total. The Labute approximate surface area is 143 Å². The lowest BCUT2D eigenvalue weighted by atomic mass is 9.91. The van der Waals surface area contributed by atoms with Crippen LogP contribution in [0.3, 0.4) is 0 Å². The predicted molar refractivity (Wildman–Crippen MR) is 96.1 cm³/mol. The highest BCUT2D eigenvalue weighted by atomic mass is 35.5. The average Bonchev–Trinajstić information content (AvgIpc) is 2.97. The summed E-state index contributed by atoms with van der Waals surface area (Å²) in [6, 6.07) is 1.83. The molecule has 0 spiro atoms. The summed E-state index contributed by atoms with van der Waals surface area (Å²) in [5.41, 5.74) is 0. The summed E-state index contributed by atoms with van der Waals surface area (Å²) in [6.45, 7) is 7.88. The number of hydrogen-bond acceptors (Lipinski definition) is 3. The van der Waals surface area contributed by atoms with Crippen LogP contribution in [0.5, 0.6) is 0 Å². The molecule has 2 nitrogen and oxygen atoms in total. The molecule has 0 aliphatic carbocycles. The van der Waals surface area contributed by atoms with Crippen molar-refractivity contribution in [2.45, 2.75) is 52.4 Å². The molecule has 4 heteroatoms. The number of piperidine rings is 1. The highest BCUT2D eigenvalue weighted by molar-refractivity contribution is 7.12. The lowest BCUT2D eigenvalue weighted by Gasteiger charge is -2.32. The zero-order valence-electron chi connectivity index (χ0n) is 13.8. The van der Waals surface area contributed by atoms with Gasteiger partial charge in [0.25, 0.3) is 0 Å². The SMILES string of the molecule is CCCC(CC)CCN1CCC(C(=O)c2sccc2Cl)CC1. The van der Waals surface area contributed by atoms with E-state index in [1.165, 1.54) is 43.6 Å². The Morgan fingerprint density at radius 1 is 1.36 bits per heavy atom. The molecule has 1 aromatic rings. The fourth-order valence-electron chi connectivity index (χ4n) is 3.40. The highest BCUT2D eigenvalue weighted by Gasteiger charge is 2.27. The van der Waals surface area contributed by atoms with Crippen LogP contribution in [0.1, 0.15) is 62.0 Å². The maximum Gasteiger partial charge on any atom is 0.177 e. The van der Waals surface area contributed by atoms with Crippen molar-refractivity contribution >= 4 is 28.7 Å². The van der Waals surface area contributed by atoms with Gasteiger partial charge in [-0.2, -0.15) is 0 Å². The van der Waals surface area contributed by atoms with Gasteiger partial charge in [0.05, 0.1) is 9.90 Å². The smallest absolute Gasteiger partial charge is 0.177 e. The number of nitrogens with zero attached hydrogens (tertiary/aromatic N) is 1. The van der Waals surface area contributed by atoms with E-state index in [1.54, 1.807) is 0 Å². The molecule has 1 aliphatic rings. The third-order valence-electron chi connectivity index (χ3n) is 4.93. The summed E-state index contributed by atoms with van der Waals surface area (Å²) in [5, 5.41) is 2.53. The van der Waals surface area contributed by atoms with Gasteiger partial charge in [0.2, 0.25) is 0 Å². The zero-order valence-corrected chi connectivity index (χ0v) is 15.4. The highest BCUT2D eigenvalue weighted by Crippen LogP contribution is 2.29. The van der Waals surface area contributed by atoms with Crippen LogP contribution in [0.4, 0.5) is 0 Å². The van der Waals surface area contributed by atoms with Crippen molar-refractivity contribution in [3.63, 3.8) is 0 Å². The summed E-state index contributed by atoms with van der Waals surface area (Å²) >= 11 is 7.57. The molecule has 1 aromatic heterocycles. The van der Waals surface area contributed by atoms with Gasteiger partial charge in [0.1, 0.15) is 0 Å². The van der Waals surface area contributed by atoms with E-state index in [0.717, 1.165) is 36.7 Å². The molecule has 2 heterocycles. The van der Waals surface area contributed by atoms with Crippen molar-refractivity contribution < 1.29 is 4.79 Å². The Kier molecular flexibility index (Phi) is 7.39. The van der Waals surface area contributed by atoms with Gasteiger partial charge in [-0.1, -0.05) is 44.7 Å². The quantitative estimate of drug-likeness (QED) is 0.581. The Balaban J connectivity index is 1.76. The zero-order chi connectivity index (χ0) is 15.9. The first kappa shape index (κ1) is 18.0. The van der Waals surface area contributed by atoms with E-state index in [1.807, 2.05) is 11.4 Å². The van der Waals surface area contributed by atoms with Gasteiger partial charge in [0.15, 0.2) is 5.78 Å². The van der Waals surface area contributed by atoms with Gasteiger partial charge < -0.3 is 4.90 Å². The molecular formula is C18H28ClNOS. The summed E-state index contributed by atoms with van der Waals surface area (Å²) < 4.78 is 0. The molecule has 0 saturated carbocycles. The standard InChI is InChI=1S/C18H28ClNOS/c1-3-5-14(4-2)6-10-20-11-7-15(8-12-20)17(21)18-16(19)9-13-22-18/h9,13-15H,3-8,10-12H2,1-2H3. The second-order valence-corrected chi connectivity index (χ2v) is 7.75. The van der Waals surface area contributed by atoms with Crippen LogP contribution < -0.4 is 0 Å². The van der Waals surface area contributed by atoms with E-state index in [4.69, 9.17) is 11.6 Å². The second kappa shape index (κ2) is 9.05. The predicted octanol–water partition coefficient (Wildman–Crippen LogP) is 5.51. The van der Waals surface area contributed by atoms with E-state index < -0.39 is 0 Å². The van der Waals surface area contributed by atoms with Gasteiger partial charge in [-0.15, -0.1) is 11.3 Å². The van der Waals surface area contributed by atoms with Crippen molar-refractivity contribution in [1.82, 2.24) is 4.90 Å². The molecule has 1 atom stereocenters. The number of hydrogen-bond donors (Lipinski definition) is 0. The van der Waals surface area contributed by atoms with Crippen LogP contribution in [0.15, 0.2) is 11.4 Å². The van der Waals surface area contributed by atoms with Crippen molar-refractivity contribution in [3.8, 4) is 0 Å². The van der Waals surface area contributed by atoms with Crippen molar-refractivity contribution in [1.29, 1.82) is 0 Å². The summed E-state index contributed by atoms with van der Waals surface area (Å²) in [7, 11) is 0. The summed E-state index contributed by atoms with van der Waals surface area (Å²) in [6.07, 6.45) is 7.20. The second-order valence-electron chi connectivity index (χ2n) is 6.43. The van der Waals surface area contributed by atoms with Crippen LogP contribution in [0, 0.1) is 11.8 Å². The number of Topliss-reactive ketones (excluding diaryl/α,β-unsaturated/α-hetero) is 1. The van der Waals surface area contributed by atoms with Crippen LogP contribution in [0.25, 0.3) is 0 Å². The number of ketones is 1. The number of rotatable bonds is 8. The van der Waals surface area contributed by atoms with Gasteiger partial charge >= 0.3 is 0 Å². The minimum atomic E-state index is 0.171. The molecule has 1 fully saturated rings. The maximum atomic E-state index is 12.5. The molecule has 0 bridgehead atoms. The third kappa shape index (κ3) is 4.81. The number of carbonyl (C=O) groups is 1. The van der Waals surface area contributed by atoms with E-state index in [9.17, 15) is 4.79 Å². The van der Waals surface area contributed by atoms with Crippen molar-refractivity contribution in [3.05, 3.63) is 21.3 Å². The van der Waals surface area contributed by atoms with Crippen LogP contribution in [-0.2, 0) is 0 Å². The molecule has 22 heavy (non-hydrogen) atoms. The molecular weight excluding hydrogens is 314 g/mol. The first-order valence-electron chi connectivity index (χ1n) is 8.65. The first-order valence-corrected chi connectivity index (χ1v) is 9.91. The fraction of sp³-hybridized carbons (Fsp3) is 0.722. The van der Waals surface area contributed by atoms with E-state index in [-0.39, 0.29) is 11.7 Å². The molecule has 1 saturated heterocycles. The largest absolute Gasteiger partial charge is 0.303 e. The molecule has 2 rings (SSSR count). The van der Waals surface area contributed by atoms with Gasteiger partial charge in [-0.05, 0) is 56.3 Å². The lowest BCUT2D eigenvalue weighted by Crippen LogP contribution is -2.37. The molecule has 1 unspecified atom stereocenters. The molecule has 1 aliphatic heterocycles. The Morgan fingerprint density at radius 2 is 2.09 bits per heavy atom. The minimum Gasteiger partial charge on any atom is -0.303 e. The molecule has 0 radical (unpaired) electrons. The number of likely N-dealkylation sites (tertiary alicyclic amines) is 1. The van der Waals surface area contributed by atoms with E-state index in [2.05, 4.69) is 18.7 Å². The number of carbonyl (C=O) groups excluding carboxylic acids is 1. The Bertz CT molecular complexity index is 465. The molecule has 0 aromatic carbocycles. The fourth-order valence-corrected chi connectivity index (χ4v) is 4.57. The normalized spacial score (nSPS) is 18.5. The van der Waals surface area contributed by atoms with Gasteiger partial charge in [-0.3, -0.25) is 4.79 Å². The summed E-state index contributed by atoms with van der Waals surface area (Å²) in [4.78, 5) is 15.8.